The van der Waals surface area contributed by atoms with Gasteiger partial charge < -0.3 is 25.8 Å². The van der Waals surface area contributed by atoms with Gasteiger partial charge in [0.2, 0.25) is 0 Å². The molecule has 0 heterocycles. The van der Waals surface area contributed by atoms with Gasteiger partial charge in [0, 0.05) is 25.7 Å². The van der Waals surface area contributed by atoms with E-state index in [4.69, 9.17) is 15.6 Å². The van der Waals surface area contributed by atoms with Gasteiger partial charge in [0.25, 0.3) is 0 Å². The highest BCUT2D eigenvalue weighted by atomic mass is 16.6. The fraction of sp³-hybridized carbons (Fsp3) is 0.867. The molecule has 0 aromatic heterocycles. The molecule has 7 nitrogen and oxygen atoms in total. The minimum absolute atomic E-state index is 0.211. The number of nitrogens with two attached hydrogens (primary N) is 1. The molecule has 0 bridgehead atoms. The highest BCUT2D eigenvalue weighted by Gasteiger charge is 2.19. The van der Waals surface area contributed by atoms with Gasteiger partial charge in [-0.1, -0.05) is 13.3 Å². The van der Waals surface area contributed by atoms with E-state index in [2.05, 4.69) is 5.32 Å². The predicted molar refractivity (Wildman–Crippen MR) is 86.0 cm³/mol. The number of amides is 2. The van der Waals surface area contributed by atoms with E-state index in [1.807, 2.05) is 6.92 Å². The van der Waals surface area contributed by atoms with E-state index in [1.165, 1.54) is 4.90 Å². The molecule has 0 aromatic rings. The first-order valence-electron chi connectivity index (χ1n) is 7.87. The Kier molecular flexibility index (Phi) is 9.56. The molecule has 0 aliphatic carbocycles. The standard InChI is InChI=1S/C15H31N3O4/c1-5-6-9-18(14(20)21)10-7-8-12(11-16)17-13(19)22-15(2,3)4/h12H,5-11,16H2,1-4H3,(H,17,19)(H,20,21)/t12-/m0/s1. The monoisotopic (exact) mass is 317 g/mol. The lowest BCUT2D eigenvalue weighted by molar-refractivity contribution is 0.0501. The Balaban J connectivity index is 4.17. The van der Waals surface area contributed by atoms with Crippen LogP contribution in [-0.4, -0.2) is 53.5 Å². The van der Waals surface area contributed by atoms with Gasteiger partial charge in [-0.05, 0) is 40.0 Å². The van der Waals surface area contributed by atoms with Crippen molar-refractivity contribution in [2.75, 3.05) is 19.6 Å². The molecular formula is C15H31N3O4. The van der Waals surface area contributed by atoms with Crippen LogP contribution in [0.25, 0.3) is 0 Å². The van der Waals surface area contributed by atoms with E-state index < -0.39 is 17.8 Å². The number of hydrogen-bond acceptors (Lipinski definition) is 4. The van der Waals surface area contributed by atoms with Crippen LogP contribution in [0.3, 0.4) is 0 Å². The maximum Gasteiger partial charge on any atom is 0.407 e. The molecule has 0 aromatic carbocycles. The first kappa shape index (κ1) is 20.5. The maximum absolute atomic E-state index is 11.7. The van der Waals surface area contributed by atoms with Crippen molar-refractivity contribution in [3.63, 3.8) is 0 Å². The number of alkyl carbamates (subject to hydrolysis) is 1. The summed E-state index contributed by atoms with van der Waals surface area (Å²) in [6, 6.07) is -0.211. The summed E-state index contributed by atoms with van der Waals surface area (Å²) in [4.78, 5) is 24.2. The molecule has 7 heteroatoms. The van der Waals surface area contributed by atoms with Crippen LogP contribution in [0.15, 0.2) is 0 Å². The van der Waals surface area contributed by atoms with Crippen LogP contribution in [0.4, 0.5) is 9.59 Å². The number of ether oxygens (including phenoxy) is 1. The summed E-state index contributed by atoms with van der Waals surface area (Å²) in [7, 11) is 0. The quantitative estimate of drug-likeness (QED) is 0.605. The van der Waals surface area contributed by atoms with Gasteiger partial charge in [0.15, 0.2) is 0 Å². The first-order chi connectivity index (χ1) is 10.2. The third-order valence-electron chi connectivity index (χ3n) is 3.04. The lowest BCUT2D eigenvalue weighted by atomic mass is 10.1. The Morgan fingerprint density at radius 2 is 1.86 bits per heavy atom. The normalized spacial score (nSPS) is 12.6. The molecule has 0 saturated carbocycles. The Morgan fingerprint density at radius 1 is 1.27 bits per heavy atom. The molecule has 22 heavy (non-hydrogen) atoms. The lowest BCUT2D eigenvalue weighted by Gasteiger charge is -2.24. The maximum atomic E-state index is 11.7. The predicted octanol–water partition coefficient (Wildman–Crippen LogP) is 2.40. The molecule has 0 aliphatic rings. The van der Waals surface area contributed by atoms with E-state index in [9.17, 15) is 9.59 Å². The minimum Gasteiger partial charge on any atom is -0.465 e. The molecular weight excluding hydrogens is 286 g/mol. The highest BCUT2D eigenvalue weighted by molar-refractivity contribution is 5.68. The summed E-state index contributed by atoms with van der Waals surface area (Å²) in [5.41, 5.74) is 5.09. The largest absolute Gasteiger partial charge is 0.465 e. The van der Waals surface area contributed by atoms with E-state index in [0.29, 0.717) is 32.5 Å². The number of hydrogen-bond donors (Lipinski definition) is 3. The summed E-state index contributed by atoms with van der Waals surface area (Å²) in [5.74, 6) is 0. The molecule has 0 spiro atoms. The number of carbonyl (C=O) groups excluding carboxylic acids is 1. The molecule has 0 rings (SSSR count). The third-order valence-corrected chi connectivity index (χ3v) is 3.04. The summed E-state index contributed by atoms with van der Waals surface area (Å²) in [5, 5.41) is 11.8. The summed E-state index contributed by atoms with van der Waals surface area (Å²) in [6.45, 7) is 8.68. The molecule has 0 aliphatic heterocycles. The van der Waals surface area contributed by atoms with Crippen LogP contribution < -0.4 is 11.1 Å². The van der Waals surface area contributed by atoms with E-state index >= 15 is 0 Å². The molecule has 130 valence electrons. The van der Waals surface area contributed by atoms with Gasteiger partial charge >= 0.3 is 12.2 Å². The second-order valence-electron chi connectivity index (χ2n) is 6.34. The summed E-state index contributed by atoms with van der Waals surface area (Å²) < 4.78 is 5.18. The smallest absolute Gasteiger partial charge is 0.407 e. The van der Waals surface area contributed by atoms with Gasteiger partial charge in [-0.15, -0.1) is 0 Å². The molecule has 1 atom stereocenters. The van der Waals surface area contributed by atoms with Crippen molar-refractivity contribution in [2.45, 2.75) is 65.0 Å². The molecule has 4 N–H and O–H groups in total. The second-order valence-corrected chi connectivity index (χ2v) is 6.34. The van der Waals surface area contributed by atoms with Crippen molar-refractivity contribution < 1.29 is 19.4 Å². The molecule has 2 amide bonds. The van der Waals surface area contributed by atoms with E-state index in [0.717, 1.165) is 12.8 Å². The van der Waals surface area contributed by atoms with Gasteiger partial charge in [-0.3, -0.25) is 0 Å². The van der Waals surface area contributed by atoms with Crippen LogP contribution in [0.5, 0.6) is 0 Å². The van der Waals surface area contributed by atoms with Crippen molar-refractivity contribution in [2.24, 2.45) is 5.73 Å². The Morgan fingerprint density at radius 3 is 2.32 bits per heavy atom. The number of nitrogens with one attached hydrogen (secondary N) is 1. The number of unbranched alkanes of at least 4 members (excludes halogenated alkanes) is 1. The molecule has 0 radical (unpaired) electrons. The van der Waals surface area contributed by atoms with Crippen molar-refractivity contribution in [1.29, 1.82) is 0 Å². The van der Waals surface area contributed by atoms with Crippen molar-refractivity contribution in [3.05, 3.63) is 0 Å². The zero-order chi connectivity index (χ0) is 17.2. The van der Waals surface area contributed by atoms with E-state index in [-0.39, 0.29) is 6.04 Å². The number of rotatable bonds is 9. The molecule has 0 saturated heterocycles. The zero-order valence-corrected chi connectivity index (χ0v) is 14.2. The van der Waals surface area contributed by atoms with Crippen LogP contribution in [-0.2, 0) is 4.74 Å². The fourth-order valence-electron chi connectivity index (χ4n) is 1.90. The zero-order valence-electron chi connectivity index (χ0n) is 14.2. The average Bonchev–Trinajstić information content (AvgIpc) is 2.38. The summed E-state index contributed by atoms with van der Waals surface area (Å²) in [6.07, 6.45) is 1.67. The fourth-order valence-corrected chi connectivity index (χ4v) is 1.90. The number of carbonyl (C=O) groups is 2. The lowest BCUT2D eigenvalue weighted by Crippen LogP contribution is -2.43. The van der Waals surface area contributed by atoms with Crippen LogP contribution >= 0.6 is 0 Å². The Bertz CT molecular complexity index is 342. The second kappa shape index (κ2) is 10.3. The van der Waals surface area contributed by atoms with Gasteiger partial charge in [0.05, 0.1) is 0 Å². The van der Waals surface area contributed by atoms with Crippen molar-refractivity contribution in [1.82, 2.24) is 10.2 Å². The van der Waals surface area contributed by atoms with Crippen LogP contribution in [0, 0.1) is 0 Å². The Hall–Kier alpha value is -1.50. The number of nitrogens with zero attached hydrogens (tertiary/aromatic N) is 1. The number of carboxylic acid groups (broad SMARTS) is 1. The van der Waals surface area contributed by atoms with Crippen LogP contribution in [0.1, 0.15) is 53.4 Å². The third kappa shape index (κ3) is 10.3. The van der Waals surface area contributed by atoms with Gasteiger partial charge in [-0.25, -0.2) is 9.59 Å². The Labute approximate surface area is 133 Å². The minimum atomic E-state index is -0.905. The molecule has 0 unspecified atom stereocenters. The molecule has 0 fully saturated rings. The van der Waals surface area contributed by atoms with Gasteiger partial charge in [-0.2, -0.15) is 0 Å². The van der Waals surface area contributed by atoms with Crippen molar-refractivity contribution in [3.8, 4) is 0 Å². The average molecular weight is 317 g/mol. The topological polar surface area (TPSA) is 105 Å². The SMILES string of the molecule is CCCCN(CCC[C@@H](CN)NC(=O)OC(C)(C)C)C(=O)O. The highest BCUT2D eigenvalue weighted by Crippen LogP contribution is 2.08. The van der Waals surface area contributed by atoms with E-state index in [1.54, 1.807) is 20.8 Å². The van der Waals surface area contributed by atoms with Crippen LogP contribution in [0.2, 0.25) is 0 Å². The first-order valence-corrected chi connectivity index (χ1v) is 7.87. The van der Waals surface area contributed by atoms with Gasteiger partial charge in [0.1, 0.15) is 5.60 Å². The summed E-state index contributed by atoms with van der Waals surface area (Å²) >= 11 is 0. The van der Waals surface area contributed by atoms with Crippen molar-refractivity contribution >= 4 is 12.2 Å².